The molecule has 0 radical (unpaired) electrons. The van der Waals surface area contributed by atoms with Gasteiger partial charge in [-0.15, -0.1) is 0 Å². The van der Waals surface area contributed by atoms with Gasteiger partial charge < -0.3 is 10.3 Å². The van der Waals surface area contributed by atoms with Crippen LogP contribution in [-0.4, -0.2) is 40.1 Å². The van der Waals surface area contributed by atoms with Crippen molar-refractivity contribution in [1.29, 1.82) is 5.41 Å². The van der Waals surface area contributed by atoms with Gasteiger partial charge in [-0.2, -0.15) is 5.06 Å². The molecule has 0 heterocycles. The van der Waals surface area contributed by atoms with Crippen LogP contribution < -0.4 is 0 Å². The molecule has 1 aromatic carbocycles. The summed E-state index contributed by atoms with van der Waals surface area (Å²) in [5, 5.41) is 28.7. The van der Waals surface area contributed by atoms with Crippen LogP contribution in [0, 0.1) is 5.41 Å². The van der Waals surface area contributed by atoms with Crippen LogP contribution >= 0.6 is 0 Å². The number of nitrogens with one attached hydrogen (secondary N) is 1. The SMILES string of the molecule is C=C(C=NC=N)c1ccc(CN(O)CC2(O)CCCCC2)cc1. The number of allylic oxidation sites excluding steroid dienone is 1. The van der Waals surface area contributed by atoms with Crippen molar-refractivity contribution in [2.75, 3.05) is 6.54 Å². The third-order valence-corrected chi connectivity index (χ3v) is 4.26. The summed E-state index contributed by atoms with van der Waals surface area (Å²) >= 11 is 0. The molecule has 0 unspecified atom stereocenters. The van der Waals surface area contributed by atoms with E-state index >= 15 is 0 Å². The lowest BCUT2D eigenvalue weighted by atomic mass is 9.85. The molecule has 124 valence electrons. The number of benzene rings is 1. The molecule has 0 amide bonds. The van der Waals surface area contributed by atoms with Crippen molar-refractivity contribution in [1.82, 2.24) is 5.06 Å². The molecule has 3 N–H and O–H groups in total. The van der Waals surface area contributed by atoms with Crippen molar-refractivity contribution in [3.8, 4) is 0 Å². The highest BCUT2D eigenvalue weighted by Crippen LogP contribution is 2.28. The number of rotatable bonds is 7. The van der Waals surface area contributed by atoms with E-state index in [2.05, 4.69) is 11.6 Å². The first kappa shape index (κ1) is 17.5. The third-order valence-electron chi connectivity index (χ3n) is 4.26. The number of nitrogens with zero attached hydrogens (tertiary/aromatic N) is 2. The summed E-state index contributed by atoms with van der Waals surface area (Å²) in [7, 11) is 0. The summed E-state index contributed by atoms with van der Waals surface area (Å²) in [6, 6.07) is 7.67. The van der Waals surface area contributed by atoms with Crippen LogP contribution in [0.25, 0.3) is 5.57 Å². The molecule has 1 saturated carbocycles. The lowest BCUT2D eigenvalue weighted by Crippen LogP contribution is -2.42. The van der Waals surface area contributed by atoms with E-state index < -0.39 is 5.60 Å². The highest BCUT2D eigenvalue weighted by Gasteiger charge is 2.31. The van der Waals surface area contributed by atoms with Crippen LogP contribution in [0.5, 0.6) is 0 Å². The fraction of sp³-hybridized carbons (Fsp3) is 0.444. The molecule has 5 nitrogen and oxygen atoms in total. The third kappa shape index (κ3) is 5.39. The number of aliphatic imine (C=N–C) groups is 1. The maximum atomic E-state index is 10.5. The number of aliphatic hydroxyl groups is 1. The van der Waals surface area contributed by atoms with Crippen LogP contribution in [0.2, 0.25) is 0 Å². The maximum absolute atomic E-state index is 10.5. The first-order valence-corrected chi connectivity index (χ1v) is 7.99. The van der Waals surface area contributed by atoms with E-state index in [0.29, 0.717) is 6.54 Å². The first-order valence-electron chi connectivity index (χ1n) is 7.99. The predicted octanol–water partition coefficient (Wildman–Crippen LogP) is 3.26. The van der Waals surface area contributed by atoms with Gasteiger partial charge in [-0.25, -0.2) is 4.99 Å². The van der Waals surface area contributed by atoms with Crippen molar-refractivity contribution >= 4 is 18.1 Å². The van der Waals surface area contributed by atoms with Crippen molar-refractivity contribution in [2.24, 2.45) is 4.99 Å². The fourth-order valence-electron chi connectivity index (χ4n) is 3.00. The van der Waals surface area contributed by atoms with Gasteiger partial charge in [-0.1, -0.05) is 50.1 Å². The van der Waals surface area contributed by atoms with Gasteiger partial charge in [0.2, 0.25) is 0 Å². The number of hydroxylamine groups is 2. The molecule has 5 heteroatoms. The summed E-state index contributed by atoms with van der Waals surface area (Å²) in [5.41, 5.74) is 1.87. The predicted molar refractivity (Wildman–Crippen MR) is 93.0 cm³/mol. The van der Waals surface area contributed by atoms with Crippen molar-refractivity contribution < 1.29 is 10.3 Å². The molecule has 0 atom stereocenters. The molecule has 1 aliphatic rings. The van der Waals surface area contributed by atoms with E-state index in [9.17, 15) is 10.3 Å². The second-order valence-electron chi connectivity index (χ2n) is 6.24. The molecular formula is C18H25N3O2. The molecule has 0 aromatic heterocycles. The topological polar surface area (TPSA) is 79.9 Å². The van der Waals surface area contributed by atoms with Crippen molar-refractivity contribution in [2.45, 2.75) is 44.2 Å². The minimum atomic E-state index is -0.759. The van der Waals surface area contributed by atoms with Crippen LogP contribution in [0.4, 0.5) is 0 Å². The Bertz CT molecular complexity index is 560. The standard InChI is InChI=1S/C18H25N3O2/c1-15(11-20-14-19)17-7-5-16(6-8-17)12-21(23)13-18(22)9-3-2-4-10-18/h5-8,11,14,19,22-23H,1-4,9-10,12-13H2. The largest absolute Gasteiger partial charge is 0.388 e. The van der Waals surface area contributed by atoms with E-state index in [1.807, 2.05) is 24.3 Å². The Morgan fingerprint density at radius 3 is 2.52 bits per heavy atom. The first-order chi connectivity index (χ1) is 11.0. The second-order valence-corrected chi connectivity index (χ2v) is 6.24. The van der Waals surface area contributed by atoms with Gasteiger partial charge >= 0.3 is 0 Å². The molecule has 0 bridgehead atoms. The van der Waals surface area contributed by atoms with Gasteiger partial charge in [0.1, 0.15) is 6.34 Å². The van der Waals surface area contributed by atoms with E-state index in [-0.39, 0.29) is 6.54 Å². The van der Waals surface area contributed by atoms with Gasteiger partial charge in [-0.05, 0) is 29.5 Å². The Balaban J connectivity index is 1.91. The van der Waals surface area contributed by atoms with E-state index in [1.165, 1.54) is 11.5 Å². The highest BCUT2D eigenvalue weighted by atomic mass is 16.5. The van der Waals surface area contributed by atoms with Crippen molar-refractivity contribution in [3.63, 3.8) is 0 Å². The van der Waals surface area contributed by atoms with Gasteiger partial charge in [0, 0.05) is 12.8 Å². The van der Waals surface area contributed by atoms with Crippen LogP contribution in [0.3, 0.4) is 0 Å². The number of hydrogen-bond acceptors (Lipinski definition) is 4. The smallest absolute Gasteiger partial charge is 0.106 e. The molecule has 0 saturated heterocycles. The molecular weight excluding hydrogens is 290 g/mol. The zero-order valence-electron chi connectivity index (χ0n) is 13.4. The average molecular weight is 315 g/mol. The quantitative estimate of drug-likeness (QED) is 0.410. The van der Waals surface area contributed by atoms with E-state index in [0.717, 1.165) is 48.7 Å². The van der Waals surface area contributed by atoms with Gasteiger partial charge in [0.05, 0.1) is 12.1 Å². The Kier molecular flexibility index (Phi) is 6.21. The zero-order chi connectivity index (χ0) is 16.7. The Morgan fingerprint density at radius 2 is 1.91 bits per heavy atom. The minimum absolute atomic E-state index is 0.285. The molecule has 23 heavy (non-hydrogen) atoms. The summed E-state index contributed by atoms with van der Waals surface area (Å²) in [5.74, 6) is 0. The average Bonchev–Trinajstić information content (AvgIpc) is 2.53. The number of hydrogen-bond donors (Lipinski definition) is 3. The van der Waals surface area contributed by atoms with Gasteiger partial charge in [0.25, 0.3) is 0 Å². The summed E-state index contributed by atoms with van der Waals surface area (Å²) in [6.07, 6.45) is 7.25. The normalized spacial score (nSPS) is 17.5. The summed E-state index contributed by atoms with van der Waals surface area (Å²) in [6.45, 7) is 4.56. The van der Waals surface area contributed by atoms with Gasteiger partial charge in [-0.3, -0.25) is 5.41 Å². The highest BCUT2D eigenvalue weighted by molar-refractivity contribution is 6.10. The maximum Gasteiger partial charge on any atom is 0.106 e. The monoisotopic (exact) mass is 315 g/mol. The molecule has 0 aliphatic heterocycles. The second kappa shape index (κ2) is 8.15. The van der Waals surface area contributed by atoms with Gasteiger partial charge in [0.15, 0.2) is 0 Å². The van der Waals surface area contributed by atoms with Crippen LogP contribution in [0.1, 0.15) is 43.2 Å². The zero-order valence-corrected chi connectivity index (χ0v) is 13.4. The molecule has 0 spiro atoms. The lowest BCUT2D eigenvalue weighted by molar-refractivity contribution is -0.154. The summed E-state index contributed by atoms with van der Waals surface area (Å²) < 4.78 is 0. The van der Waals surface area contributed by atoms with E-state index in [4.69, 9.17) is 5.41 Å². The lowest BCUT2D eigenvalue weighted by Gasteiger charge is -2.34. The van der Waals surface area contributed by atoms with E-state index in [1.54, 1.807) is 6.21 Å². The minimum Gasteiger partial charge on any atom is -0.388 e. The molecule has 2 rings (SSSR count). The fourth-order valence-corrected chi connectivity index (χ4v) is 3.00. The van der Waals surface area contributed by atoms with Crippen LogP contribution in [0.15, 0.2) is 35.8 Å². The van der Waals surface area contributed by atoms with Crippen molar-refractivity contribution in [3.05, 3.63) is 42.0 Å². The Labute approximate surface area is 137 Å². The molecule has 1 aliphatic carbocycles. The molecule has 1 fully saturated rings. The Morgan fingerprint density at radius 1 is 1.26 bits per heavy atom. The summed E-state index contributed by atoms with van der Waals surface area (Å²) in [4.78, 5) is 3.73. The van der Waals surface area contributed by atoms with Crippen LogP contribution in [-0.2, 0) is 6.54 Å². The Hall–Kier alpha value is -1.82. The molecule has 1 aromatic rings.